The summed E-state index contributed by atoms with van der Waals surface area (Å²) in [4.78, 5) is 16.5. The Morgan fingerprint density at radius 3 is 2.85 bits per heavy atom. The number of carbonyl (C=O) groups is 1. The van der Waals surface area contributed by atoms with Crippen LogP contribution in [0.3, 0.4) is 0 Å². The third-order valence-corrected chi connectivity index (χ3v) is 4.60. The van der Waals surface area contributed by atoms with Crippen molar-refractivity contribution in [3.8, 4) is 0 Å². The minimum atomic E-state index is 0.199. The Kier molecular flexibility index (Phi) is 3.60. The molecule has 1 heterocycles. The monoisotopic (exact) mass is 270 g/mol. The smallest absolute Gasteiger partial charge is 0.136 e. The highest BCUT2D eigenvalue weighted by atomic mass is 16.1. The summed E-state index contributed by atoms with van der Waals surface area (Å²) in [5, 5.41) is 0. The van der Waals surface area contributed by atoms with Gasteiger partial charge in [-0.1, -0.05) is 26.0 Å². The largest absolute Gasteiger partial charge is 0.328 e. The second-order valence-electron chi connectivity index (χ2n) is 5.93. The van der Waals surface area contributed by atoms with Gasteiger partial charge in [0.15, 0.2) is 0 Å². The molecule has 1 aromatic heterocycles. The fraction of sp³-hybridized carbons (Fsp3) is 0.529. The van der Waals surface area contributed by atoms with Crippen molar-refractivity contribution in [2.24, 2.45) is 11.8 Å². The first kappa shape index (κ1) is 13.3. The lowest BCUT2D eigenvalue weighted by Gasteiger charge is -2.15. The maximum absolute atomic E-state index is 11.7. The molecule has 2 atom stereocenters. The third kappa shape index (κ3) is 2.26. The minimum absolute atomic E-state index is 0.199. The predicted molar refractivity (Wildman–Crippen MR) is 80.6 cm³/mol. The zero-order chi connectivity index (χ0) is 14.1. The van der Waals surface area contributed by atoms with Crippen LogP contribution in [0.5, 0.6) is 0 Å². The standard InChI is InChI=1S/C17H22N2O/c1-3-10-19-15-7-5-4-6-14(15)18-17(19)11-13-8-9-16(20)12(13)2/h4-7,12-13H,3,8-11H2,1-2H3. The van der Waals surface area contributed by atoms with E-state index < -0.39 is 0 Å². The molecule has 2 aromatic rings. The summed E-state index contributed by atoms with van der Waals surface area (Å²) in [6.45, 7) is 5.28. The van der Waals surface area contributed by atoms with E-state index in [-0.39, 0.29) is 5.92 Å². The van der Waals surface area contributed by atoms with Gasteiger partial charge in [-0.25, -0.2) is 4.98 Å². The van der Waals surface area contributed by atoms with Crippen molar-refractivity contribution in [1.82, 2.24) is 9.55 Å². The van der Waals surface area contributed by atoms with E-state index in [0.717, 1.165) is 43.6 Å². The van der Waals surface area contributed by atoms with Gasteiger partial charge in [-0.15, -0.1) is 0 Å². The number of hydrogen-bond donors (Lipinski definition) is 0. The molecule has 0 spiro atoms. The van der Waals surface area contributed by atoms with Gasteiger partial charge < -0.3 is 4.57 Å². The van der Waals surface area contributed by atoms with Crippen molar-refractivity contribution in [2.45, 2.75) is 46.1 Å². The van der Waals surface area contributed by atoms with Crippen molar-refractivity contribution < 1.29 is 4.79 Å². The van der Waals surface area contributed by atoms with Gasteiger partial charge in [0.25, 0.3) is 0 Å². The molecule has 106 valence electrons. The van der Waals surface area contributed by atoms with Gasteiger partial charge in [-0.2, -0.15) is 0 Å². The molecule has 3 heteroatoms. The molecule has 1 aliphatic rings. The van der Waals surface area contributed by atoms with Crippen molar-refractivity contribution >= 4 is 16.8 Å². The minimum Gasteiger partial charge on any atom is -0.328 e. The van der Waals surface area contributed by atoms with Crippen LogP contribution in [0.25, 0.3) is 11.0 Å². The van der Waals surface area contributed by atoms with Crippen LogP contribution in [0.1, 0.15) is 38.9 Å². The molecule has 3 rings (SSSR count). The summed E-state index contributed by atoms with van der Waals surface area (Å²) >= 11 is 0. The maximum atomic E-state index is 11.7. The van der Waals surface area contributed by atoms with Gasteiger partial charge in [0.05, 0.1) is 11.0 Å². The van der Waals surface area contributed by atoms with E-state index in [0.29, 0.717) is 11.7 Å². The number of benzene rings is 1. The van der Waals surface area contributed by atoms with E-state index in [2.05, 4.69) is 36.6 Å². The van der Waals surface area contributed by atoms with Crippen molar-refractivity contribution in [3.05, 3.63) is 30.1 Å². The Bertz CT molecular complexity index is 629. The molecule has 3 nitrogen and oxygen atoms in total. The summed E-state index contributed by atoms with van der Waals surface area (Å²) in [5.41, 5.74) is 2.30. The average molecular weight is 270 g/mol. The highest BCUT2D eigenvalue weighted by molar-refractivity contribution is 5.83. The van der Waals surface area contributed by atoms with Crippen molar-refractivity contribution in [1.29, 1.82) is 0 Å². The van der Waals surface area contributed by atoms with Crippen LogP contribution in [0.4, 0.5) is 0 Å². The SMILES string of the molecule is CCCn1c(CC2CCC(=O)C2C)nc2ccccc21. The lowest BCUT2D eigenvalue weighted by atomic mass is 9.94. The molecule has 1 aromatic carbocycles. The van der Waals surface area contributed by atoms with Crippen LogP contribution in [0, 0.1) is 11.8 Å². The van der Waals surface area contributed by atoms with Crippen LogP contribution < -0.4 is 0 Å². The molecule has 0 N–H and O–H groups in total. The number of fused-ring (bicyclic) bond motifs is 1. The second kappa shape index (κ2) is 5.39. The van der Waals surface area contributed by atoms with E-state index in [1.165, 1.54) is 5.52 Å². The number of aromatic nitrogens is 2. The second-order valence-corrected chi connectivity index (χ2v) is 5.93. The maximum Gasteiger partial charge on any atom is 0.136 e. The van der Waals surface area contributed by atoms with Gasteiger partial charge >= 0.3 is 0 Å². The van der Waals surface area contributed by atoms with Crippen molar-refractivity contribution in [3.63, 3.8) is 0 Å². The Morgan fingerprint density at radius 2 is 2.15 bits per heavy atom. The van der Waals surface area contributed by atoms with Gasteiger partial charge in [-0.05, 0) is 30.9 Å². The summed E-state index contributed by atoms with van der Waals surface area (Å²) < 4.78 is 2.34. The number of aryl methyl sites for hydroxylation is 1. The first-order chi connectivity index (χ1) is 9.70. The lowest BCUT2D eigenvalue weighted by molar-refractivity contribution is -0.120. The summed E-state index contributed by atoms with van der Waals surface area (Å²) in [6.07, 6.45) is 3.81. The number of para-hydroxylation sites is 2. The molecule has 20 heavy (non-hydrogen) atoms. The van der Waals surface area contributed by atoms with Gasteiger partial charge in [0.1, 0.15) is 11.6 Å². The predicted octanol–water partition coefficient (Wildman–Crippen LogP) is 3.60. The Balaban J connectivity index is 1.94. The normalized spacial score (nSPS) is 22.8. The highest BCUT2D eigenvalue weighted by Crippen LogP contribution is 2.31. The number of Topliss-reactive ketones (excluding diaryl/α,β-unsaturated/α-hetero) is 1. The van der Waals surface area contributed by atoms with E-state index in [4.69, 9.17) is 4.98 Å². The molecule has 2 unspecified atom stereocenters. The summed E-state index contributed by atoms with van der Waals surface area (Å²) in [5.74, 6) is 2.24. The first-order valence-electron chi connectivity index (χ1n) is 7.67. The molecule has 1 aliphatic carbocycles. The van der Waals surface area contributed by atoms with Gasteiger partial charge in [0, 0.05) is 25.3 Å². The lowest BCUT2D eigenvalue weighted by Crippen LogP contribution is -2.15. The number of carbonyl (C=O) groups excluding carboxylic acids is 1. The quantitative estimate of drug-likeness (QED) is 0.850. The number of hydrogen-bond acceptors (Lipinski definition) is 2. The van der Waals surface area contributed by atoms with Crippen LogP contribution in [-0.2, 0) is 17.8 Å². The zero-order valence-corrected chi connectivity index (χ0v) is 12.3. The zero-order valence-electron chi connectivity index (χ0n) is 12.3. The molecular weight excluding hydrogens is 248 g/mol. The van der Waals surface area contributed by atoms with Gasteiger partial charge in [-0.3, -0.25) is 4.79 Å². The van der Waals surface area contributed by atoms with Crippen LogP contribution in [-0.4, -0.2) is 15.3 Å². The molecule has 0 radical (unpaired) electrons. The Labute approximate surface area is 120 Å². The van der Waals surface area contributed by atoms with E-state index >= 15 is 0 Å². The molecule has 1 fully saturated rings. The first-order valence-corrected chi connectivity index (χ1v) is 7.67. The van der Waals surface area contributed by atoms with Crippen LogP contribution >= 0.6 is 0 Å². The number of imidazole rings is 1. The number of ketones is 1. The average Bonchev–Trinajstić information content (AvgIpc) is 2.95. The molecule has 0 bridgehead atoms. The summed E-state index contributed by atoms with van der Waals surface area (Å²) in [7, 11) is 0. The Morgan fingerprint density at radius 1 is 1.35 bits per heavy atom. The van der Waals surface area contributed by atoms with Crippen LogP contribution in [0.15, 0.2) is 24.3 Å². The van der Waals surface area contributed by atoms with Crippen molar-refractivity contribution in [2.75, 3.05) is 0 Å². The topological polar surface area (TPSA) is 34.9 Å². The Hall–Kier alpha value is -1.64. The highest BCUT2D eigenvalue weighted by Gasteiger charge is 2.32. The molecule has 0 saturated heterocycles. The molecular formula is C17H22N2O. The number of rotatable bonds is 4. The molecule has 0 aliphatic heterocycles. The fourth-order valence-electron chi connectivity index (χ4n) is 3.34. The number of nitrogens with zero attached hydrogens (tertiary/aromatic N) is 2. The van der Waals surface area contributed by atoms with E-state index in [1.807, 2.05) is 6.07 Å². The van der Waals surface area contributed by atoms with Crippen LogP contribution in [0.2, 0.25) is 0 Å². The fourth-order valence-corrected chi connectivity index (χ4v) is 3.34. The van der Waals surface area contributed by atoms with E-state index in [1.54, 1.807) is 0 Å². The van der Waals surface area contributed by atoms with Gasteiger partial charge in [0.2, 0.25) is 0 Å². The molecule has 0 amide bonds. The molecule has 1 saturated carbocycles. The summed E-state index contributed by atoms with van der Waals surface area (Å²) in [6, 6.07) is 8.33. The van der Waals surface area contributed by atoms with E-state index in [9.17, 15) is 4.79 Å². The third-order valence-electron chi connectivity index (χ3n) is 4.60.